The third-order valence-electron chi connectivity index (χ3n) is 13.6. The molecule has 0 saturated heterocycles. The zero-order valence-corrected chi connectivity index (χ0v) is 32.5. The van der Waals surface area contributed by atoms with E-state index in [0.717, 1.165) is 35.8 Å². The fourth-order valence-electron chi connectivity index (χ4n) is 10.4. The summed E-state index contributed by atoms with van der Waals surface area (Å²) in [6.07, 6.45) is 4.77. The predicted octanol–water partition coefficient (Wildman–Crippen LogP) is 9.14. The minimum Gasteiger partial charge on any atom is -0.458 e. The Bertz CT molecular complexity index is 2670. The molecule has 0 atom stereocenters. The lowest BCUT2D eigenvalue weighted by Crippen LogP contribution is -2.61. The largest absolute Gasteiger partial charge is 0.458 e. The molecule has 6 aliphatic rings. The first-order chi connectivity index (χ1) is 26.8. The highest BCUT2D eigenvalue weighted by Crippen LogP contribution is 2.62. The smallest absolute Gasteiger partial charge is 0.263 e. The van der Waals surface area contributed by atoms with Crippen molar-refractivity contribution in [3.05, 3.63) is 143 Å². The van der Waals surface area contributed by atoms with Crippen LogP contribution in [0.3, 0.4) is 0 Å². The molecule has 0 fully saturated rings. The number of thioether (sulfide) groups is 1. The molecule has 1 aliphatic carbocycles. The molecule has 0 saturated carbocycles. The van der Waals surface area contributed by atoms with E-state index in [1.165, 1.54) is 90.2 Å². The summed E-state index contributed by atoms with van der Waals surface area (Å²) in [5.41, 5.74) is 16.6. The minimum atomic E-state index is -0.109. The van der Waals surface area contributed by atoms with Crippen LogP contribution in [0.25, 0.3) is 0 Å². The lowest BCUT2D eigenvalue weighted by molar-refractivity contribution is 0.352. The Morgan fingerprint density at radius 2 is 1.09 bits per heavy atom. The van der Waals surface area contributed by atoms with Gasteiger partial charge in [-0.2, -0.15) is 0 Å². The molecule has 0 spiro atoms. The van der Waals surface area contributed by atoms with E-state index in [2.05, 4.69) is 171 Å². The summed E-state index contributed by atoms with van der Waals surface area (Å²) in [7, 11) is 0. The number of hydrogen-bond donors (Lipinski definition) is 0. The number of para-hydroxylation sites is 2. The summed E-state index contributed by atoms with van der Waals surface area (Å²) in [5.74, 6) is 3.63. The number of benzene rings is 6. The van der Waals surface area contributed by atoms with Gasteiger partial charge in [-0.25, -0.2) is 0 Å². The van der Waals surface area contributed by atoms with Crippen molar-refractivity contribution in [3.8, 4) is 23.0 Å². The Morgan fingerprint density at radius 1 is 0.527 bits per heavy atom. The average molecular weight is 731 g/mol. The van der Waals surface area contributed by atoms with E-state index in [1.54, 1.807) is 0 Å². The van der Waals surface area contributed by atoms with Gasteiger partial charge in [-0.1, -0.05) is 74.5 Å². The Morgan fingerprint density at radius 3 is 1.75 bits per heavy atom. The number of aryl methyl sites for hydroxylation is 2. The summed E-state index contributed by atoms with van der Waals surface area (Å²) in [4.78, 5) is 6.44. The van der Waals surface area contributed by atoms with E-state index in [-0.39, 0.29) is 23.6 Å². The maximum Gasteiger partial charge on any atom is 0.263 e. The molecule has 55 heavy (non-hydrogen) atoms. The van der Waals surface area contributed by atoms with Crippen LogP contribution in [0.1, 0.15) is 51.7 Å². The van der Waals surface area contributed by atoms with E-state index in [9.17, 15) is 0 Å². The molecule has 0 bridgehead atoms. The van der Waals surface area contributed by atoms with Crippen LogP contribution in [0, 0.1) is 5.41 Å². The van der Waals surface area contributed by atoms with Crippen LogP contribution in [0.4, 0.5) is 28.4 Å². The summed E-state index contributed by atoms with van der Waals surface area (Å²) >= 11 is 2.05. The van der Waals surface area contributed by atoms with E-state index in [1.807, 2.05) is 0 Å². The second kappa shape index (κ2) is 11.2. The Hall–Kier alpha value is -5.26. The molecule has 0 radical (unpaired) electrons. The Kier molecular flexibility index (Phi) is 6.50. The maximum absolute atomic E-state index is 6.99. The summed E-state index contributed by atoms with van der Waals surface area (Å²) in [5, 5.41) is 0. The average Bonchev–Trinajstić information content (AvgIpc) is 3.39. The van der Waals surface area contributed by atoms with Crippen molar-refractivity contribution >= 4 is 80.9 Å². The molecule has 5 heterocycles. The molecule has 7 heteroatoms. The highest BCUT2D eigenvalue weighted by Gasteiger charge is 2.57. The van der Waals surface area contributed by atoms with Gasteiger partial charge < -0.3 is 19.3 Å². The third kappa shape index (κ3) is 4.28. The van der Waals surface area contributed by atoms with Gasteiger partial charge in [0.25, 0.3) is 13.4 Å². The van der Waals surface area contributed by atoms with Crippen LogP contribution in [0.5, 0.6) is 23.0 Å². The molecule has 0 aromatic heterocycles. The summed E-state index contributed by atoms with van der Waals surface area (Å²) in [6.45, 7) is 9.78. The first kappa shape index (κ1) is 32.0. The molecule has 4 nitrogen and oxygen atoms in total. The number of allylic oxidation sites excluding steroid dienone is 1. The highest BCUT2D eigenvalue weighted by molar-refractivity contribution is 8.06. The van der Waals surface area contributed by atoms with Crippen molar-refractivity contribution in [3.63, 3.8) is 0 Å². The SMILES string of the molecule is CC1(C)SC2=C(N(c3ccccc3)c3cccc4c3B2c2cc3c(cc2O4)Oc2cccc4c2B3c2cc3c(cc2N4c2ccccc2)CCCC3)C1(C)C. The molecule has 6 aromatic rings. The summed E-state index contributed by atoms with van der Waals surface area (Å²) < 4.78 is 14.0. The molecule has 0 unspecified atom stereocenters. The van der Waals surface area contributed by atoms with E-state index in [4.69, 9.17) is 9.47 Å². The van der Waals surface area contributed by atoms with Crippen LogP contribution in [0.15, 0.2) is 132 Å². The minimum absolute atomic E-state index is 0.0288. The topological polar surface area (TPSA) is 24.9 Å². The number of fused-ring (bicyclic) bond motifs is 8. The molecule has 0 amide bonds. The van der Waals surface area contributed by atoms with Gasteiger partial charge in [0.2, 0.25) is 0 Å². The summed E-state index contributed by atoms with van der Waals surface area (Å²) in [6, 6.07) is 44.7. The van der Waals surface area contributed by atoms with Crippen LogP contribution in [-0.4, -0.2) is 18.2 Å². The third-order valence-corrected chi connectivity index (χ3v) is 15.3. The number of nitrogens with zero attached hydrogens (tertiary/aromatic N) is 2. The lowest BCUT2D eigenvalue weighted by Gasteiger charge is -2.44. The second-order valence-corrected chi connectivity index (χ2v) is 18.7. The fourth-order valence-corrected chi connectivity index (χ4v) is 12.1. The van der Waals surface area contributed by atoms with Gasteiger partial charge in [-0.05, 0) is 137 Å². The highest BCUT2D eigenvalue weighted by atomic mass is 32.2. The van der Waals surface area contributed by atoms with Gasteiger partial charge >= 0.3 is 0 Å². The maximum atomic E-state index is 6.99. The second-order valence-electron chi connectivity index (χ2n) is 17.1. The molecule has 266 valence electrons. The van der Waals surface area contributed by atoms with E-state index < -0.39 is 0 Å². The van der Waals surface area contributed by atoms with Crippen molar-refractivity contribution in [2.75, 3.05) is 9.80 Å². The Balaban J connectivity index is 1.11. The predicted molar refractivity (Wildman–Crippen MR) is 232 cm³/mol. The van der Waals surface area contributed by atoms with Gasteiger partial charge in [0, 0.05) is 50.4 Å². The zero-order valence-electron chi connectivity index (χ0n) is 31.6. The quantitative estimate of drug-likeness (QED) is 0.165. The van der Waals surface area contributed by atoms with Gasteiger partial charge in [-0.3, -0.25) is 0 Å². The molecule has 6 aromatic carbocycles. The number of anilines is 5. The van der Waals surface area contributed by atoms with Crippen molar-refractivity contribution in [2.24, 2.45) is 5.41 Å². The molecule has 5 aliphatic heterocycles. The van der Waals surface area contributed by atoms with Crippen LogP contribution in [-0.2, 0) is 12.8 Å². The van der Waals surface area contributed by atoms with Gasteiger partial charge in [0.15, 0.2) is 0 Å². The number of rotatable bonds is 2. The standard InChI is InChI=1S/C48H40B2N2O2S/c1-47(2)45-46(55-48(47,3)4)50-35-27-34-41(28-42(35)54-40-24-14-22-37(44(40)50)52(45)32-19-9-6-10-20-32)53-39-23-13-21-36-43(39)49(34)33-25-29-15-11-12-16-30(29)26-38(33)51(36)31-17-7-5-8-18-31/h5-10,13-14,17-28H,11-12,15-16H2,1-4H3. The van der Waals surface area contributed by atoms with Crippen molar-refractivity contribution in [1.29, 1.82) is 0 Å². The molecule has 0 N–H and O–H groups in total. The van der Waals surface area contributed by atoms with Crippen molar-refractivity contribution in [2.45, 2.75) is 58.1 Å². The molecular formula is C48H40B2N2O2S. The van der Waals surface area contributed by atoms with E-state index in [0.29, 0.717) is 0 Å². The van der Waals surface area contributed by atoms with Crippen LogP contribution < -0.4 is 46.6 Å². The first-order valence-corrected chi connectivity index (χ1v) is 20.7. The lowest BCUT2D eigenvalue weighted by atomic mass is 9.32. The van der Waals surface area contributed by atoms with Crippen LogP contribution in [0.2, 0.25) is 0 Å². The normalized spacial score (nSPS) is 18.5. The number of ether oxygens (including phenoxy) is 2. The van der Waals surface area contributed by atoms with Crippen molar-refractivity contribution < 1.29 is 9.47 Å². The monoisotopic (exact) mass is 730 g/mol. The molecule has 12 rings (SSSR count). The first-order valence-electron chi connectivity index (χ1n) is 19.9. The zero-order chi connectivity index (χ0) is 36.8. The van der Waals surface area contributed by atoms with Gasteiger partial charge in [-0.15, -0.1) is 11.8 Å². The van der Waals surface area contributed by atoms with Crippen molar-refractivity contribution in [1.82, 2.24) is 0 Å². The molecular weight excluding hydrogens is 690 g/mol. The van der Waals surface area contributed by atoms with E-state index >= 15 is 0 Å². The van der Waals surface area contributed by atoms with Gasteiger partial charge in [0.05, 0.1) is 0 Å². The van der Waals surface area contributed by atoms with Gasteiger partial charge in [0.1, 0.15) is 23.0 Å². The van der Waals surface area contributed by atoms with Crippen LogP contribution >= 0.6 is 11.8 Å². The Labute approximate surface area is 328 Å². The number of hydrogen-bond acceptors (Lipinski definition) is 5. The fraction of sp³-hybridized carbons (Fsp3) is 0.208.